The molecule has 0 spiro atoms. The Hall–Kier alpha value is -1.39. The third-order valence-electron chi connectivity index (χ3n) is 3.29. The molecule has 0 radical (unpaired) electrons. The molecule has 0 aliphatic rings. The van der Waals surface area contributed by atoms with Crippen LogP contribution in [0.4, 0.5) is 0 Å². The molecule has 0 fully saturated rings. The van der Waals surface area contributed by atoms with Gasteiger partial charge in [-0.05, 0) is 35.2 Å². The summed E-state index contributed by atoms with van der Waals surface area (Å²) in [6.07, 6.45) is 3.31. The summed E-state index contributed by atoms with van der Waals surface area (Å²) in [5.41, 5.74) is 0.0188. The molecule has 1 aromatic carbocycles. The Kier molecular flexibility index (Phi) is 4.00. The van der Waals surface area contributed by atoms with Crippen molar-refractivity contribution < 1.29 is 5.11 Å². The van der Waals surface area contributed by atoms with E-state index in [2.05, 4.69) is 4.98 Å². The topological polar surface area (TPSA) is 33.1 Å². The zero-order valence-corrected chi connectivity index (χ0v) is 13.2. The smallest absolute Gasteiger partial charge is 0.152 e. The minimum atomic E-state index is -1.34. The van der Waals surface area contributed by atoms with Crippen molar-refractivity contribution in [2.45, 2.75) is 5.60 Å². The van der Waals surface area contributed by atoms with E-state index in [0.717, 1.165) is 0 Å². The first kappa shape index (κ1) is 14.5. The van der Waals surface area contributed by atoms with E-state index in [1.165, 1.54) is 11.3 Å². The first-order valence-electron chi connectivity index (χ1n) is 6.25. The molecule has 0 saturated carbocycles. The summed E-state index contributed by atoms with van der Waals surface area (Å²) in [7, 11) is 0. The van der Waals surface area contributed by atoms with Crippen molar-refractivity contribution in [2.75, 3.05) is 0 Å². The third-order valence-corrected chi connectivity index (χ3v) is 4.99. The lowest BCUT2D eigenvalue weighted by Crippen LogP contribution is -2.28. The molecule has 21 heavy (non-hydrogen) atoms. The van der Waals surface area contributed by atoms with Crippen molar-refractivity contribution in [2.24, 2.45) is 0 Å². The van der Waals surface area contributed by atoms with Gasteiger partial charge in [-0.2, -0.15) is 0 Å². The van der Waals surface area contributed by atoms with Crippen LogP contribution in [0.15, 0.2) is 60.2 Å². The van der Waals surface area contributed by atoms with E-state index in [1.54, 1.807) is 48.8 Å². The van der Waals surface area contributed by atoms with E-state index in [0.29, 0.717) is 26.0 Å². The first-order valence-corrected chi connectivity index (χ1v) is 7.88. The van der Waals surface area contributed by atoms with Gasteiger partial charge in [-0.1, -0.05) is 41.4 Å². The number of hydrogen-bond acceptors (Lipinski definition) is 3. The lowest BCUT2D eigenvalue weighted by Gasteiger charge is -2.28. The van der Waals surface area contributed by atoms with Gasteiger partial charge in [-0.15, -0.1) is 11.3 Å². The quantitative estimate of drug-likeness (QED) is 0.750. The maximum absolute atomic E-state index is 11.4. The summed E-state index contributed by atoms with van der Waals surface area (Å²) >= 11 is 13.6. The molecular weight excluding hydrogens is 325 g/mol. The predicted octanol–water partition coefficient (Wildman–Crippen LogP) is 4.73. The highest BCUT2D eigenvalue weighted by Gasteiger charge is 2.37. The molecule has 0 amide bonds. The summed E-state index contributed by atoms with van der Waals surface area (Å²) in [5, 5.41) is 14.4. The Bertz CT molecular complexity index is 742. The average Bonchev–Trinajstić information content (AvgIpc) is 2.95. The summed E-state index contributed by atoms with van der Waals surface area (Å²) < 4.78 is 0. The summed E-state index contributed by atoms with van der Waals surface area (Å²) in [5.74, 6) is 0. The van der Waals surface area contributed by atoms with Gasteiger partial charge < -0.3 is 5.11 Å². The Morgan fingerprint density at radius 3 is 2.33 bits per heavy atom. The standard InChI is InChI=1S/C16H11Cl2NOS/c17-13-5-3-11(4-6-13)16(20,12-2-1-8-19-10-12)15-14(18)7-9-21-15/h1-10,20H. The van der Waals surface area contributed by atoms with E-state index >= 15 is 0 Å². The molecule has 3 rings (SSSR count). The lowest BCUT2D eigenvalue weighted by molar-refractivity contribution is 0.129. The number of aliphatic hydroxyl groups is 1. The normalized spacial score (nSPS) is 13.9. The van der Waals surface area contributed by atoms with Crippen LogP contribution in [0.5, 0.6) is 0 Å². The van der Waals surface area contributed by atoms with Crippen molar-refractivity contribution in [3.8, 4) is 0 Å². The van der Waals surface area contributed by atoms with Crippen LogP contribution in [-0.2, 0) is 5.60 Å². The van der Waals surface area contributed by atoms with Crippen LogP contribution in [-0.4, -0.2) is 10.1 Å². The molecule has 106 valence electrons. The fourth-order valence-electron chi connectivity index (χ4n) is 2.25. The molecule has 3 aromatic rings. The number of thiophene rings is 1. The summed E-state index contributed by atoms with van der Waals surface area (Å²) in [6, 6.07) is 12.5. The molecule has 2 nitrogen and oxygen atoms in total. The SMILES string of the molecule is OC(c1ccc(Cl)cc1)(c1cccnc1)c1sccc1Cl. The molecule has 0 aliphatic carbocycles. The van der Waals surface area contributed by atoms with Gasteiger partial charge in [0, 0.05) is 23.0 Å². The number of benzene rings is 1. The second-order valence-electron chi connectivity index (χ2n) is 4.56. The zero-order chi connectivity index (χ0) is 14.9. The third kappa shape index (κ3) is 2.58. The van der Waals surface area contributed by atoms with E-state index in [9.17, 15) is 5.11 Å². The van der Waals surface area contributed by atoms with Gasteiger partial charge in [0.15, 0.2) is 5.60 Å². The molecular formula is C16H11Cl2NOS. The van der Waals surface area contributed by atoms with Gasteiger partial charge in [0.2, 0.25) is 0 Å². The molecule has 2 aromatic heterocycles. The van der Waals surface area contributed by atoms with E-state index in [1.807, 2.05) is 11.4 Å². The van der Waals surface area contributed by atoms with Gasteiger partial charge >= 0.3 is 0 Å². The molecule has 1 atom stereocenters. The average molecular weight is 336 g/mol. The van der Waals surface area contributed by atoms with Gasteiger partial charge in [-0.25, -0.2) is 0 Å². The van der Waals surface area contributed by atoms with Crippen LogP contribution in [0.1, 0.15) is 16.0 Å². The monoisotopic (exact) mass is 335 g/mol. The van der Waals surface area contributed by atoms with Crippen LogP contribution in [0, 0.1) is 0 Å². The largest absolute Gasteiger partial charge is 0.375 e. The highest BCUT2D eigenvalue weighted by atomic mass is 35.5. The maximum atomic E-state index is 11.4. The Labute approximate surface area is 136 Å². The fraction of sp³-hybridized carbons (Fsp3) is 0.0625. The van der Waals surface area contributed by atoms with Crippen LogP contribution < -0.4 is 0 Å². The lowest BCUT2D eigenvalue weighted by atomic mass is 9.86. The highest BCUT2D eigenvalue weighted by molar-refractivity contribution is 7.10. The number of halogens is 2. The van der Waals surface area contributed by atoms with Crippen molar-refractivity contribution in [3.05, 3.63) is 86.3 Å². The second kappa shape index (κ2) is 5.78. The predicted molar refractivity (Wildman–Crippen MR) is 87.1 cm³/mol. The first-order chi connectivity index (χ1) is 10.1. The van der Waals surface area contributed by atoms with Gasteiger partial charge in [0.05, 0.1) is 9.90 Å². The van der Waals surface area contributed by atoms with Crippen molar-refractivity contribution in [1.29, 1.82) is 0 Å². The molecule has 0 saturated heterocycles. The summed E-state index contributed by atoms with van der Waals surface area (Å²) in [4.78, 5) is 4.78. The number of aromatic nitrogens is 1. The van der Waals surface area contributed by atoms with Crippen LogP contribution >= 0.6 is 34.5 Å². The Morgan fingerprint density at radius 2 is 1.76 bits per heavy atom. The molecule has 1 unspecified atom stereocenters. The number of rotatable bonds is 3. The summed E-state index contributed by atoms with van der Waals surface area (Å²) in [6.45, 7) is 0. The maximum Gasteiger partial charge on any atom is 0.152 e. The van der Waals surface area contributed by atoms with Crippen LogP contribution in [0.25, 0.3) is 0 Å². The highest BCUT2D eigenvalue weighted by Crippen LogP contribution is 2.42. The van der Waals surface area contributed by atoms with Gasteiger partial charge in [0.1, 0.15) is 0 Å². The number of hydrogen-bond donors (Lipinski definition) is 1. The molecule has 1 N–H and O–H groups in total. The molecule has 5 heteroatoms. The fourth-order valence-corrected chi connectivity index (χ4v) is 3.71. The van der Waals surface area contributed by atoms with Crippen molar-refractivity contribution >= 4 is 34.5 Å². The number of pyridine rings is 1. The minimum absolute atomic E-state index is 0.529. The van der Waals surface area contributed by atoms with E-state index < -0.39 is 5.60 Å². The van der Waals surface area contributed by atoms with Crippen molar-refractivity contribution in [3.63, 3.8) is 0 Å². The molecule has 0 aliphatic heterocycles. The second-order valence-corrected chi connectivity index (χ2v) is 6.32. The van der Waals surface area contributed by atoms with Gasteiger partial charge in [0.25, 0.3) is 0 Å². The Balaban J connectivity index is 2.25. The van der Waals surface area contributed by atoms with E-state index in [4.69, 9.17) is 23.2 Å². The molecule has 2 heterocycles. The van der Waals surface area contributed by atoms with E-state index in [-0.39, 0.29) is 0 Å². The minimum Gasteiger partial charge on any atom is -0.375 e. The zero-order valence-electron chi connectivity index (χ0n) is 10.8. The van der Waals surface area contributed by atoms with Crippen LogP contribution in [0.2, 0.25) is 10.0 Å². The molecule has 0 bridgehead atoms. The van der Waals surface area contributed by atoms with Gasteiger partial charge in [-0.3, -0.25) is 4.98 Å². The number of nitrogens with zero attached hydrogens (tertiary/aromatic N) is 1. The van der Waals surface area contributed by atoms with Crippen molar-refractivity contribution in [1.82, 2.24) is 4.98 Å². The van der Waals surface area contributed by atoms with Crippen LogP contribution in [0.3, 0.4) is 0 Å². The Morgan fingerprint density at radius 1 is 1.00 bits per heavy atom.